The van der Waals surface area contributed by atoms with Crippen LogP contribution in [0.25, 0.3) is 0 Å². The van der Waals surface area contributed by atoms with Gasteiger partial charge in [-0.2, -0.15) is 0 Å². The summed E-state index contributed by atoms with van der Waals surface area (Å²) in [6.45, 7) is 3.38. The molecule has 0 unspecified atom stereocenters. The standard InChI is InChI=1S/C23H24ClN5O3S/c1-4-19(22(32)26-18-7-5-6-15(12-18)14(2)30)33-23-28-27-20(29(23)3)13-21(31)25-17-10-8-16(24)9-11-17/h5-12,19H,4,13H2,1-3H3,(H,25,31)(H,26,32)/t19-/m1/s1. The molecule has 0 radical (unpaired) electrons. The number of hydrogen-bond acceptors (Lipinski definition) is 6. The summed E-state index contributed by atoms with van der Waals surface area (Å²) < 4.78 is 1.71. The molecule has 10 heteroatoms. The minimum absolute atomic E-state index is 0.0352. The van der Waals surface area contributed by atoms with Crippen molar-refractivity contribution in [2.45, 2.75) is 37.1 Å². The fourth-order valence-electron chi connectivity index (χ4n) is 2.97. The number of benzene rings is 2. The highest BCUT2D eigenvalue weighted by atomic mass is 35.5. The van der Waals surface area contributed by atoms with Crippen LogP contribution in [0.3, 0.4) is 0 Å². The third-order valence-corrected chi connectivity index (χ3v) is 6.47. The molecule has 0 aliphatic carbocycles. The molecule has 3 aromatic rings. The minimum atomic E-state index is -0.426. The molecule has 3 rings (SSSR count). The van der Waals surface area contributed by atoms with Crippen molar-refractivity contribution in [3.63, 3.8) is 0 Å². The molecule has 0 fully saturated rings. The van der Waals surface area contributed by atoms with Gasteiger partial charge in [0.1, 0.15) is 5.82 Å². The number of nitrogens with zero attached hydrogens (tertiary/aromatic N) is 3. The summed E-state index contributed by atoms with van der Waals surface area (Å²) in [4.78, 5) is 36.8. The molecule has 2 aromatic carbocycles. The van der Waals surface area contributed by atoms with Crippen molar-refractivity contribution >= 4 is 52.3 Å². The number of carbonyl (C=O) groups is 3. The first-order valence-corrected chi connectivity index (χ1v) is 11.5. The van der Waals surface area contributed by atoms with E-state index in [4.69, 9.17) is 11.6 Å². The third-order valence-electron chi connectivity index (χ3n) is 4.82. The number of aromatic nitrogens is 3. The fraction of sp³-hybridized carbons (Fsp3) is 0.261. The molecule has 0 aliphatic rings. The minimum Gasteiger partial charge on any atom is -0.326 e. The molecular weight excluding hydrogens is 462 g/mol. The number of ketones is 1. The maximum absolute atomic E-state index is 12.8. The molecule has 8 nitrogen and oxygen atoms in total. The highest BCUT2D eigenvalue weighted by Crippen LogP contribution is 2.25. The Morgan fingerprint density at radius 3 is 2.45 bits per heavy atom. The lowest BCUT2D eigenvalue weighted by molar-refractivity contribution is -0.116. The second-order valence-electron chi connectivity index (χ2n) is 7.33. The molecular formula is C23H24ClN5O3S. The number of rotatable bonds is 9. The fourth-order valence-corrected chi connectivity index (χ4v) is 4.04. The number of thioether (sulfide) groups is 1. The van der Waals surface area contributed by atoms with Crippen LogP contribution in [0.5, 0.6) is 0 Å². The van der Waals surface area contributed by atoms with Crippen molar-refractivity contribution in [3.05, 3.63) is 64.9 Å². The quantitative estimate of drug-likeness (QED) is 0.344. The first kappa shape index (κ1) is 24.5. The number of amides is 2. The van der Waals surface area contributed by atoms with Crippen LogP contribution < -0.4 is 10.6 Å². The lowest BCUT2D eigenvalue weighted by Gasteiger charge is -2.14. The van der Waals surface area contributed by atoms with Crippen LogP contribution in [0.4, 0.5) is 11.4 Å². The summed E-state index contributed by atoms with van der Waals surface area (Å²) in [6, 6.07) is 13.6. The number of hydrogen-bond donors (Lipinski definition) is 2. The van der Waals surface area contributed by atoms with Gasteiger partial charge < -0.3 is 15.2 Å². The van der Waals surface area contributed by atoms with Gasteiger partial charge in [-0.1, -0.05) is 42.4 Å². The van der Waals surface area contributed by atoms with Crippen molar-refractivity contribution in [3.8, 4) is 0 Å². The van der Waals surface area contributed by atoms with Gasteiger partial charge in [0.25, 0.3) is 0 Å². The van der Waals surface area contributed by atoms with Crippen LogP contribution >= 0.6 is 23.4 Å². The summed E-state index contributed by atoms with van der Waals surface area (Å²) >= 11 is 7.13. The lowest BCUT2D eigenvalue weighted by Crippen LogP contribution is -2.25. The van der Waals surface area contributed by atoms with Gasteiger partial charge in [-0.15, -0.1) is 10.2 Å². The first-order valence-electron chi connectivity index (χ1n) is 10.3. The summed E-state index contributed by atoms with van der Waals surface area (Å²) in [5.41, 5.74) is 1.73. The summed E-state index contributed by atoms with van der Waals surface area (Å²) in [5, 5.41) is 14.6. The molecule has 0 bridgehead atoms. The average Bonchev–Trinajstić information content (AvgIpc) is 3.12. The van der Waals surface area contributed by atoms with Crippen LogP contribution in [0.1, 0.15) is 36.5 Å². The van der Waals surface area contributed by atoms with Crippen LogP contribution in [0.2, 0.25) is 5.02 Å². The first-order chi connectivity index (χ1) is 15.8. The molecule has 33 heavy (non-hydrogen) atoms. The van der Waals surface area contributed by atoms with Gasteiger partial charge in [0.15, 0.2) is 10.9 Å². The zero-order chi connectivity index (χ0) is 24.0. The van der Waals surface area contributed by atoms with E-state index in [1.54, 1.807) is 60.1 Å². The average molecular weight is 486 g/mol. The number of carbonyl (C=O) groups excluding carboxylic acids is 3. The van der Waals surface area contributed by atoms with Crippen molar-refractivity contribution in [2.24, 2.45) is 7.05 Å². The van der Waals surface area contributed by atoms with Crippen LogP contribution in [0, 0.1) is 0 Å². The molecule has 1 aromatic heterocycles. The predicted molar refractivity (Wildman–Crippen MR) is 130 cm³/mol. The van der Waals surface area contributed by atoms with E-state index in [0.29, 0.717) is 39.4 Å². The second-order valence-corrected chi connectivity index (χ2v) is 8.94. The van der Waals surface area contributed by atoms with Crippen LogP contribution in [-0.2, 0) is 23.1 Å². The molecule has 2 amide bonds. The van der Waals surface area contributed by atoms with Crippen molar-refractivity contribution in [1.82, 2.24) is 14.8 Å². The highest BCUT2D eigenvalue weighted by Gasteiger charge is 2.22. The van der Waals surface area contributed by atoms with Crippen molar-refractivity contribution in [1.29, 1.82) is 0 Å². The Morgan fingerprint density at radius 2 is 1.79 bits per heavy atom. The van der Waals surface area contributed by atoms with Crippen LogP contribution in [-0.4, -0.2) is 37.6 Å². The maximum Gasteiger partial charge on any atom is 0.237 e. The van der Waals surface area contributed by atoms with Gasteiger partial charge in [-0.25, -0.2) is 0 Å². The van der Waals surface area contributed by atoms with E-state index in [-0.39, 0.29) is 24.0 Å². The smallest absolute Gasteiger partial charge is 0.237 e. The van der Waals surface area contributed by atoms with E-state index in [1.807, 2.05) is 6.92 Å². The Balaban J connectivity index is 1.63. The Kier molecular flexibility index (Phi) is 8.24. The largest absolute Gasteiger partial charge is 0.326 e. The van der Waals surface area contributed by atoms with Crippen LogP contribution in [0.15, 0.2) is 53.7 Å². The number of halogens is 1. The van der Waals surface area contributed by atoms with Gasteiger partial charge in [0.2, 0.25) is 11.8 Å². The topological polar surface area (TPSA) is 106 Å². The van der Waals surface area contributed by atoms with E-state index < -0.39 is 5.25 Å². The highest BCUT2D eigenvalue weighted by molar-refractivity contribution is 8.00. The number of nitrogens with one attached hydrogen (secondary N) is 2. The zero-order valence-electron chi connectivity index (χ0n) is 18.5. The second kappa shape index (κ2) is 11.1. The Hall–Kier alpha value is -3.17. The Labute approximate surface area is 201 Å². The monoisotopic (exact) mass is 485 g/mol. The van der Waals surface area contributed by atoms with Gasteiger partial charge in [0.05, 0.1) is 11.7 Å². The Bertz CT molecular complexity index is 1160. The third kappa shape index (κ3) is 6.66. The zero-order valence-corrected chi connectivity index (χ0v) is 20.0. The molecule has 1 atom stereocenters. The number of anilines is 2. The maximum atomic E-state index is 12.8. The van der Waals surface area contributed by atoms with Gasteiger partial charge in [-0.05, 0) is 49.7 Å². The number of Topliss-reactive ketones (excluding diaryl/α,β-unsaturated/α-hetero) is 1. The van der Waals surface area contributed by atoms with E-state index in [1.165, 1.54) is 18.7 Å². The van der Waals surface area contributed by atoms with Gasteiger partial charge in [0, 0.05) is 29.0 Å². The van der Waals surface area contributed by atoms with Gasteiger partial charge in [-0.3, -0.25) is 14.4 Å². The summed E-state index contributed by atoms with van der Waals surface area (Å²) in [5.74, 6) is -0.0274. The van der Waals surface area contributed by atoms with Crippen molar-refractivity contribution in [2.75, 3.05) is 10.6 Å². The molecule has 0 saturated heterocycles. The van der Waals surface area contributed by atoms with Crippen molar-refractivity contribution < 1.29 is 14.4 Å². The van der Waals surface area contributed by atoms with E-state index in [0.717, 1.165) is 0 Å². The molecule has 2 N–H and O–H groups in total. The van der Waals surface area contributed by atoms with E-state index in [9.17, 15) is 14.4 Å². The SMILES string of the molecule is CC[C@@H](Sc1nnc(CC(=O)Nc2ccc(Cl)cc2)n1C)C(=O)Nc1cccc(C(C)=O)c1. The van der Waals surface area contributed by atoms with E-state index in [2.05, 4.69) is 20.8 Å². The summed E-state index contributed by atoms with van der Waals surface area (Å²) in [7, 11) is 1.76. The molecule has 1 heterocycles. The normalized spacial score (nSPS) is 11.6. The van der Waals surface area contributed by atoms with Gasteiger partial charge >= 0.3 is 0 Å². The lowest BCUT2D eigenvalue weighted by atomic mass is 10.1. The molecule has 172 valence electrons. The van der Waals surface area contributed by atoms with E-state index >= 15 is 0 Å². The molecule has 0 aliphatic heterocycles. The predicted octanol–water partition coefficient (Wildman–Crippen LogP) is 4.36. The summed E-state index contributed by atoms with van der Waals surface area (Å²) in [6.07, 6.45) is 0.593. The molecule has 0 spiro atoms. The Morgan fingerprint density at radius 1 is 1.06 bits per heavy atom. The molecule has 0 saturated carbocycles.